The van der Waals surface area contributed by atoms with Crippen LogP contribution in [0.25, 0.3) is 5.57 Å². The first-order chi connectivity index (χ1) is 16.0. The first-order valence-electron chi connectivity index (χ1n) is 11.1. The fourth-order valence-corrected chi connectivity index (χ4v) is 4.71. The van der Waals surface area contributed by atoms with E-state index in [1.165, 1.54) is 16.0 Å². The summed E-state index contributed by atoms with van der Waals surface area (Å²) in [5, 5.41) is 0. The lowest BCUT2D eigenvalue weighted by Gasteiger charge is -2.31. The number of fused-ring (bicyclic) bond motifs is 1. The Hall–Kier alpha value is -3.86. The minimum atomic E-state index is -0.285. The molecule has 5 rings (SSSR count). The van der Waals surface area contributed by atoms with Crippen molar-refractivity contribution in [3.63, 3.8) is 0 Å². The summed E-state index contributed by atoms with van der Waals surface area (Å²) in [6, 6.07) is 21.4. The number of anilines is 1. The fraction of sp³-hybridized carbons (Fsp3) is 0.214. The molecule has 0 atom stereocenters. The zero-order valence-electron chi connectivity index (χ0n) is 19.1. The third-order valence-electron chi connectivity index (χ3n) is 6.70. The Kier molecular flexibility index (Phi) is 5.25. The van der Waals surface area contributed by atoms with Gasteiger partial charge >= 0.3 is 0 Å². The third kappa shape index (κ3) is 3.50. The van der Waals surface area contributed by atoms with E-state index in [0.29, 0.717) is 35.8 Å². The zero-order chi connectivity index (χ0) is 23.1. The molecule has 3 aromatic carbocycles. The molecule has 0 spiro atoms. The van der Waals surface area contributed by atoms with E-state index in [0.717, 1.165) is 23.1 Å². The first kappa shape index (κ1) is 21.0. The molecule has 2 amide bonds. The smallest absolute Gasteiger partial charge is 0.282 e. The van der Waals surface area contributed by atoms with Crippen molar-refractivity contribution in [2.75, 3.05) is 18.6 Å². The van der Waals surface area contributed by atoms with Crippen molar-refractivity contribution in [3.8, 4) is 5.75 Å². The molecule has 2 heterocycles. The van der Waals surface area contributed by atoms with Gasteiger partial charge in [-0.15, -0.1) is 0 Å². The molecule has 0 saturated heterocycles. The highest BCUT2D eigenvalue weighted by atomic mass is 16.5. The number of imide groups is 1. The molecule has 3 aromatic rings. The fourth-order valence-electron chi connectivity index (χ4n) is 4.71. The molecule has 166 valence electrons. The van der Waals surface area contributed by atoms with E-state index in [1.54, 1.807) is 7.11 Å². The molecule has 5 nitrogen and oxygen atoms in total. The van der Waals surface area contributed by atoms with Crippen molar-refractivity contribution in [3.05, 3.63) is 100 Å². The summed E-state index contributed by atoms with van der Waals surface area (Å²) in [4.78, 5) is 31.1. The van der Waals surface area contributed by atoms with Crippen molar-refractivity contribution >= 4 is 23.1 Å². The van der Waals surface area contributed by atoms with Crippen LogP contribution in [0.4, 0.5) is 5.69 Å². The minimum Gasteiger partial charge on any atom is -0.497 e. The first-order valence-corrected chi connectivity index (χ1v) is 11.1. The second-order valence-corrected chi connectivity index (χ2v) is 8.56. The number of hydrogen-bond acceptors (Lipinski definition) is 4. The Morgan fingerprint density at radius 2 is 1.55 bits per heavy atom. The normalized spacial score (nSPS) is 15.8. The van der Waals surface area contributed by atoms with Crippen LogP contribution in [0.3, 0.4) is 0 Å². The molecule has 0 saturated carbocycles. The predicted molar refractivity (Wildman–Crippen MR) is 129 cm³/mol. The van der Waals surface area contributed by atoms with Crippen molar-refractivity contribution in [2.45, 2.75) is 26.8 Å². The van der Waals surface area contributed by atoms with Gasteiger partial charge in [-0.05, 0) is 66.3 Å². The van der Waals surface area contributed by atoms with Gasteiger partial charge in [0.05, 0.1) is 18.4 Å². The monoisotopic (exact) mass is 438 g/mol. The van der Waals surface area contributed by atoms with E-state index in [4.69, 9.17) is 4.74 Å². The quantitative estimate of drug-likeness (QED) is 0.556. The molecule has 0 aliphatic carbocycles. The maximum absolute atomic E-state index is 13.9. The molecule has 5 heteroatoms. The summed E-state index contributed by atoms with van der Waals surface area (Å²) in [7, 11) is 1.61. The van der Waals surface area contributed by atoms with Crippen LogP contribution in [0.5, 0.6) is 5.75 Å². The van der Waals surface area contributed by atoms with Crippen LogP contribution < -0.4 is 9.64 Å². The second kappa shape index (κ2) is 8.24. The van der Waals surface area contributed by atoms with Gasteiger partial charge in [0.25, 0.3) is 11.8 Å². The van der Waals surface area contributed by atoms with Crippen LogP contribution in [0.1, 0.15) is 27.8 Å². The summed E-state index contributed by atoms with van der Waals surface area (Å²) >= 11 is 0. The number of methoxy groups -OCH3 is 1. The average Bonchev–Trinajstić information content (AvgIpc) is 3.10. The van der Waals surface area contributed by atoms with Crippen LogP contribution >= 0.6 is 0 Å². The van der Waals surface area contributed by atoms with Crippen molar-refractivity contribution in [1.29, 1.82) is 0 Å². The number of carbonyl (C=O) groups is 2. The highest BCUT2D eigenvalue weighted by molar-refractivity contribution is 6.45. The zero-order valence-corrected chi connectivity index (χ0v) is 19.1. The van der Waals surface area contributed by atoms with Crippen molar-refractivity contribution < 1.29 is 14.3 Å². The van der Waals surface area contributed by atoms with Crippen molar-refractivity contribution in [1.82, 2.24) is 4.90 Å². The largest absolute Gasteiger partial charge is 0.497 e. The summed E-state index contributed by atoms with van der Waals surface area (Å²) in [6.07, 6.45) is 0.834. The molecule has 0 aromatic heterocycles. The molecular formula is C28H26N2O3. The van der Waals surface area contributed by atoms with E-state index >= 15 is 0 Å². The number of nitrogens with zero attached hydrogens (tertiary/aromatic N) is 2. The standard InChI is InChI=1S/C28H26N2O3/c1-18-7-6-10-24(19(18)2)30-27(31)25(21-11-13-23(33-3)14-12-21)26(28(30)32)29-16-15-20-8-4-5-9-22(20)17-29/h4-14H,15-17H2,1-3H3. The molecule has 2 aliphatic heterocycles. The van der Waals surface area contributed by atoms with E-state index in [1.807, 2.05) is 68.4 Å². The van der Waals surface area contributed by atoms with E-state index in [9.17, 15) is 9.59 Å². The molecule has 0 unspecified atom stereocenters. The molecular weight excluding hydrogens is 412 g/mol. The van der Waals surface area contributed by atoms with Gasteiger partial charge in [-0.2, -0.15) is 0 Å². The number of ether oxygens (including phenoxy) is 1. The van der Waals surface area contributed by atoms with Gasteiger partial charge in [0.1, 0.15) is 11.4 Å². The number of benzene rings is 3. The van der Waals surface area contributed by atoms with Crippen LogP contribution in [0.15, 0.2) is 72.4 Å². The van der Waals surface area contributed by atoms with Crippen LogP contribution in [0.2, 0.25) is 0 Å². The Labute approximate surface area is 193 Å². The Balaban J connectivity index is 1.64. The van der Waals surface area contributed by atoms with Gasteiger partial charge in [0.15, 0.2) is 0 Å². The van der Waals surface area contributed by atoms with E-state index < -0.39 is 0 Å². The van der Waals surface area contributed by atoms with Gasteiger partial charge in [0.2, 0.25) is 0 Å². The maximum Gasteiger partial charge on any atom is 0.282 e. The number of carbonyl (C=O) groups excluding carboxylic acids is 2. The van der Waals surface area contributed by atoms with Gasteiger partial charge in [-0.3, -0.25) is 9.59 Å². The predicted octanol–water partition coefficient (Wildman–Crippen LogP) is 4.65. The summed E-state index contributed by atoms with van der Waals surface area (Å²) in [5.41, 5.74) is 6.74. The summed E-state index contributed by atoms with van der Waals surface area (Å²) < 4.78 is 5.29. The highest BCUT2D eigenvalue weighted by Crippen LogP contribution is 2.38. The van der Waals surface area contributed by atoms with Crippen LogP contribution in [0, 0.1) is 13.8 Å². The maximum atomic E-state index is 13.9. The minimum absolute atomic E-state index is 0.265. The number of hydrogen-bond donors (Lipinski definition) is 0. The summed E-state index contributed by atoms with van der Waals surface area (Å²) in [6.45, 7) is 5.23. The van der Waals surface area contributed by atoms with Gasteiger partial charge < -0.3 is 9.64 Å². The highest BCUT2D eigenvalue weighted by Gasteiger charge is 2.43. The van der Waals surface area contributed by atoms with Gasteiger partial charge in [0, 0.05) is 13.1 Å². The van der Waals surface area contributed by atoms with Crippen molar-refractivity contribution in [2.24, 2.45) is 0 Å². The SMILES string of the molecule is COc1ccc(C2=C(N3CCc4ccccc4C3)C(=O)N(c3cccc(C)c3C)C2=O)cc1. The van der Waals surface area contributed by atoms with Crippen LogP contribution in [-0.4, -0.2) is 30.4 Å². The number of rotatable bonds is 4. The third-order valence-corrected chi connectivity index (χ3v) is 6.70. The molecule has 33 heavy (non-hydrogen) atoms. The van der Waals surface area contributed by atoms with Gasteiger partial charge in [-0.25, -0.2) is 4.90 Å². The lowest BCUT2D eigenvalue weighted by molar-refractivity contribution is -0.120. The number of amides is 2. The second-order valence-electron chi connectivity index (χ2n) is 8.56. The lowest BCUT2D eigenvalue weighted by Crippen LogP contribution is -2.37. The topological polar surface area (TPSA) is 49.9 Å². The van der Waals surface area contributed by atoms with E-state index in [2.05, 4.69) is 17.0 Å². The lowest BCUT2D eigenvalue weighted by atomic mass is 9.98. The average molecular weight is 439 g/mol. The Morgan fingerprint density at radius 1 is 0.818 bits per heavy atom. The molecule has 0 radical (unpaired) electrons. The molecule has 0 N–H and O–H groups in total. The van der Waals surface area contributed by atoms with Gasteiger partial charge in [-0.1, -0.05) is 48.5 Å². The number of aryl methyl sites for hydroxylation is 1. The Morgan fingerprint density at radius 3 is 2.27 bits per heavy atom. The molecule has 2 aliphatic rings. The van der Waals surface area contributed by atoms with E-state index in [-0.39, 0.29) is 11.8 Å². The van der Waals surface area contributed by atoms with Crippen LogP contribution in [-0.2, 0) is 22.6 Å². The Bertz CT molecular complexity index is 1290. The molecule has 0 fully saturated rings. The molecule has 0 bridgehead atoms. The summed E-state index contributed by atoms with van der Waals surface area (Å²) in [5.74, 6) is 0.155.